The van der Waals surface area contributed by atoms with Crippen LogP contribution in [0.1, 0.15) is 19.3 Å². The molecule has 0 bridgehead atoms. The Kier molecular flexibility index (Phi) is 5.35. The summed E-state index contributed by atoms with van der Waals surface area (Å²) < 4.78 is 0. The van der Waals surface area contributed by atoms with Gasteiger partial charge in [0.2, 0.25) is 0 Å². The lowest BCUT2D eigenvalue weighted by Crippen LogP contribution is -2.25. The molecule has 4 nitrogen and oxygen atoms in total. The van der Waals surface area contributed by atoms with E-state index in [1.165, 1.54) is 11.5 Å². The number of nitrogens with zero attached hydrogens (tertiary/aromatic N) is 1. The Morgan fingerprint density at radius 2 is 1.56 bits per heavy atom. The van der Waals surface area contributed by atoms with Crippen LogP contribution in [0.25, 0.3) is 0 Å². The molecule has 2 N–H and O–H groups in total. The van der Waals surface area contributed by atoms with E-state index < -0.39 is 0 Å². The van der Waals surface area contributed by atoms with Crippen molar-refractivity contribution in [1.29, 1.82) is 5.59 Å². The topological polar surface area (TPSA) is 64.4 Å². The van der Waals surface area contributed by atoms with Crippen molar-refractivity contribution in [2.75, 3.05) is 13.1 Å². The molecule has 54 valence electrons. The van der Waals surface area contributed by atoms with Crippen LogP contribution in [-0.2, 0) is 0 Å². The molecule has 0 amide bonds. The van der Waals surface area contributed by atoms with Crippen molar-refractivity contribution >= 4 is 0 Å². The molecule has 1 fully saturated rings. The molecule has 1 heterocycles. The van der Waals surface area contributed by atoms with E-state index in [1.54, 1.807) is 0 Å². The van der Waals surface area contributed by atoms with Crippen LogP contribution in [0.2, 0.25) is 0 Å². The molecule has 0 aromatic heterocycles. The molecular formula is C5H12N2O2. The van der Waals surface area contributed by atoms with Crippen molar-refractivity contribution in [1.82, 2.24) is 5.06 Å². The summed E-state index contributed by atoms with van der Waals surface area (Å²) >= 11 is 0. The van der Waals surface area contributed by atoms with Gasteiger partial charge >= 0.3 is 0 Å². The van der Waals surface area contributed by atoms with E-state index in [4.69, 9.17) is 10.1 Å². The Labute approximate surface area is 54.2 Å². The van der Waals surface area contributed by atoms with Crippen LogP contribution in [0.15, 0.2) is 0 Å². The maximum absolute atomic E-state index is 8.74. The zero-order valence-corrected chi connectivity index (χ0v) is 5.34. The summed E-state index contributed by atoms with van der Waals surface area (Å²) in [6.07, 6.45) is 3.62. The Hall–Kier alpha value is -0.480. The summed E-state index contributed by atoms with van der Waals surface area (Å²) in [5.41, 5.74) is 4.50. The molecule has 1 aliphatic heterocycles. The van der Waals surface area contributed by atoms with Crippen molar-refractivity contribution in [2.24, 2.45) is 0 Å². The number of nitrogens with one attached hydrogen (secondary N) is 1. The molecule has 0 saturated carbocycles. The summed E-state index contributed by atoms with van der Waals surface area (Å²) in [5, 5.41) is 10.1. The third kappa shape index (κ3) is 4.05. The molecule has 1 aliphatic rings. The van der Waals surface area contributed by atoms with Crippen LogP contribution in [0.5, 0.6) is 0 Å². The predicted molar refractivity (Wildman–Crippen MR) is 33.3 cm³/mol. The van der Waals surface area contributed by atoms with Gasteiger partial charge in [-0.3, -0.25) is 0 Å². The highest BCUT2D eigenvalue weighted by molar-refractivity contribution is 4.54. The largest absolute Gasteiger partial charge is 0.314 e. The first-order chi connectivity index (χ1) is 4.39. The van der Waals surface area contributed by atoms with Crippen molar-refractivity contribution in [3.05, 3.63) is 4.91 Å². The standard InChI is InChI=1S/C5H11NO.HNO/c7-6-4-2-1-3-5-6;1-2/h7H,1-5H2;1H. The number of hydroxylamine groups is 2. The first-order valence-electron chi connectivity index (χ1n) is 3.04. The molecule has 0 unspecified atom stereocenters. The van der Waals surface area contributed by atoms with Gasteiger partial charge in [-0.25, -0.2) is 0 Å². The maximum Gasteiger partial charge on any atom is 0.0238 e. The molecule has 0 radical (unpaired) electrons. The predicted octanol–water partition coefficient (Wildman–Crippen LogP) is 1.19. The normalized spacial score (nSPS) is 20.1. The molecule has 9 heavy (non-hydrogen) atoms. The lowest BCUT2D eigenvalue weighted by atomic mass is 10.2. The molecule has 0 aliphatic carbocycles. The van der Waals surface area contributed by atoms with Crippen molar-refractivity contribution < 1.29 is 5.21 Å². The van der Waals surface area contributed by atoms with Crippen LogP contribution < -0.4 is 0 Å². The highest BCUT2D eigenvalue weighted by Gasteiger charge is 2.04. The average molecular weight is 132 g/mol. The number of hydrogen-bond donors (Lipinski definition) is 2. The van der Waals surface area contributed by atoms with Gasteiger partial charge in [0, 0.05) is 13.1 Å². The summed E-state index contributed by atoms with van der Waals surface area (Å²) in [6.45, 7) is 1.75. The monoisotopic (exact) mass is 132 g/mol. The highest BCUT2D eigenvalue weighted by Crippen LogP contribution is 2.04. The Bertz CT molecular complexity index is 64.0. The average Bonchev–Trinajstić information content (AvgIpc) is 1.94. The first kappa shape index (κ1) is 8.52. The quantitative estimate of drug-likeness (QED) is 0.486. The number of hydrogen-bond acceptors (Lipinski definition) is 4. The number of nitroso groups, excluding NO2 is 1. The molecule has 0 atom stereocenters. The molecule has 0 aromatic rings. The fraction of sp³-hybridized carbons (Fsp3) is 1.00. The van der Waals surface area contributed by atoms with Gasteiger partial charge in [0.05, 0.1) is 0 Å². The van der Waals surface area contributed by atoms with Gasteiger partial charge in [0.15, 0.2) is 0 Å². The third-order valence-electron chi connectivity index (χ3n) is 1.33. The van der Waals surface area contributed by atoms with E-state index in [0.717, 1.165) is 25.9 Å². The molecule has 1 rings (SSSR count). The summed E-state index contributed by atoms with van der Waals surface area (Å²) in [6, 6.07) is 0. The third-order valence-corrected chi connectivity index (χ3v) is 1.33. The minimum Gasteiger partial charge on any atom is -0.314 e. The molecule has 4 heteroatoms. The lowest BCUT2D eigenvalue weighted by molar-refractivity contribution is -0.103. The van der Waals surface area contributed by atoms with E-state index >= 15 is 0 Å². The molecule has 0 spiro atoms. The highest BCUT2D eigenvalue weighted by atomic mass is 16.5. The van der Waals surface area contributed by atoms with Gasteiger partial charge < -0.3 is 5.21 Å². The van der Waals surface area contributed by atoms with E-state index in [0.29, 0.717) is 0 Å². The Balaban J connectivity index is 0.000000291. The van der Waals surface area contributed by atoms with Gasteiger partial charge in [0.1, 0.15) is 0 Å². The molecule has 1 saturated heterocycles. The van der Waals surface area contributed by atoms with E-state index in [9.17, 15) is 0 Å². The summed E-state index contributed by atoms with van der Waals surface area (Å²) in [7, 11) is 0. The minimum absolute atomic E-state index is 0.875. The second kappa shape index (κ2) is 5.65. The van der Waals surface area contributed by atoms with Crippen LogP contribution in [0, 0.1) is 10.5 Å². The zero-order valence-electron chi connectivity index (χ0n) is 5.34. The molecule has 0 aromatic carbocycles. The fourth-order valence-corrected chi connectivity index (χ4v) is 0.877. The first-order valence-corrected chi connectivity index (χ1v) is 3.04. The van der Waals surface area contributed by atoms with Crippen LogP contribution >= 0.6 is 0 Å². The number of rotatable bonds is 0. The van der Waals surface area contributed by atoms with Gasteiger partial charge in [-0.1, -0.05) is 12.0 Å². The number of piperidine rings is 1. The van der Waals surface area contributed by atoms with E-state index in [2.05, 4.69) is 5.59 Å². The zero-order chi connectivity index (χ0) is 7.11. The minimum atomic E-state index is 0.875. The van der Waals surface area contributed by atoms with Gasteiger partial charge in [-0.05, 0) is 12.8 Å². The Morgan fingerprint density at radius 3 is 1.78 bits per heavy atom. The van der Waals surface area contributed by atoms with Gasteiger partial charge in [-0.15, -0.1) is 0 Å². The van der Waals surface area contributed by atoms with E-state index in [-0.39, 0.29) is 0 Å². The van der Waals surface area contributed by atoms with Crippen LogP contribution in [0.3, 0.4) is 0 Å². The van der Waals surface area contributed by atoms with E-state index in [1.807, 2.05) is 0 Å². The van der Waals surface area contributed by atoms with Crippen molar-refractivity contribution in [2.45, 2.75) is 19.3 Å². The summed E-state index contributed by atoms with van der Waals surface area (Å²) in [4.78, 5) is 7.50. The maximum atomic E-state index is 8.74. The van der Waals surface area contributed by atoms with Crippen LogP contribution in [-0.4, -0.2) is 23.4 Å². The van der Waals surface area contributed by atoms with Gasteiger partial charge in [0.25, 0.3) is 0 Å². The van der Waals surface area contributed by atoms with Crippen LogP contribution in [0.4, 0.5) is 0 Å². The second-order valence-corrected chi connectivity index (χ2v) is 2.01. The SMILES string of the molecule is N=O.ON1CCCCC1. The van der Waals surface area contributed by atoms with Crippen molar-refractivity contribution in [3.63, 3.8) is 0 Å². The Morgan fingerprint density at radius 1 is 1.11 bits per heavy atom. The lowest BCUT2D eigenvalue weighted by Gasteiger charge is -2.18. The molecular weight excluding hydrogens is 120 g/mol. The smallest absolute Gasteiger partial charge is 0.0238 e. The van der Waals surface area contributed by atoms with Gasteiger partial charge in [-0.2, -0.15) is 9.97 Å². The van der Waals surface area contributed by atoms with Crippen molar-refractivity contribution in [3.8, 4) is 0 Å². The second-order valence-electron chi connectivity index (χ2n) is 2.01. The fourth-order valence-electron chi connectivity index (χ4n) is 0.877. The summed E-state index contributed by atoms with van der Waals surface area (Å²) in [5.74, 6) is 0.